The Morgan fingerprint density at radius 3 is 2.40 bits per heavy atom. The molecule has 4 heterocycles. The monoisotopic (exact) mass is 679 g/mol. The number of likely N-dealkylation sites (tertiary alicyclic amines) is 2. The van der Waals surface area contributed by atoms with E-state index in [1.54, 1.807) is 11.0 Å². The van der Waals surface area contributed by atoms with Gasteiger partial charge in [-0.1, -0.05) is 35.9 Å². The zero-order chi connectivity index (χ0) is 33.8. The van der Waals surface area contributed by atoms with Crippen molar-refractivity contribution in [2.24, 2.45) is 0 Å². The predicted octanol–water partition coefficient (Wildman–Crippen LogP) is 4.46. The lowest BCUT2D eigenvalue weighted by Crippen LogP contribution is -2.52. The number of fused-ring (bicyclic) bond motifs is 1. The van der Waals surface area contributed by atoms with Crippen LogP contribution in [-0.4, -0.2) is 127 Å². The van der Waals surface area contributed by atoms with E-state index < -0.39 is 12.2 Å². The first-order valence-corrected chi connectivity index (χ1v) is 17.9. The fourth-order valence-electron chi connectivity index (χ4n) is 7.72. The summed E-state index contributed by atoms with van der Waals surface area (Å²) in [6.07, 6.45) is 3.78. The van der Waals surface area contributed by atoms with E-state index in [1.807, 2.05) is 47.1 Å². The van der Waals surface area contributed by atoms with Crippen LogP contribution in [0.1, 0.15) is 48.8 Å². The number of nitrogen functional groups attached to an aromatic ring is 1. The van der Waals surface area contributed by atoms with Crippen molar-refractivity contribution in [3.05, 3.63) is 58.1 Å². The molecule has 260 valence electrons. The Bertz CT molecular complexity index is 1450. The summed E-state index contributed by atoms with van der Waals surface area (Å²) in [4.78, 5) is 51.2. The van der Waals surface area contributed by atoms with Crippen molar-refractivity contribution in [3.63, 3.8) is 0 Å². The van der Waals surface area contributed by atoms with Crippen molar-refractivity contribution < 1.29 is 19.1 Å². The van der Waals surface area contributed by atoms with E-state index in [-0.39, 0.29) is 24.4 Å². The summed E-state index contributed by atoms with van der Waals surface area (Å²) in [7, 11) is 2.18. The molecule has 4 amide bonds. The van der Waals surface area contributed by atoms with Crippen LogP contribution in [0.15, 0.2) is 36.4 Å². The number of carbonyl (C=O) groups excluding carboxylic acids is 3. The highest BCUT2D eigenvalue weighted by molar-refractivity contribution is 6.33. The lowest BCUT2D eigenvalue weighted by molar-refractivity contribution is -0.142. The molecule has 2 aromatic rings. The maximum absolute atomic E-state index is 14.1. The number of nitrogens with two attached hydrogens (primary N) is 1. The van der Waals surface area contributed by atoms with Gasteiger partial charge in [0.25, 0.3) is 5.91 Å². The minimum atomic E-state index is -0.979. The molecule has 2 aromatic carbocycles. The number of rotatable bonds is 6. The Kier molecular flexibility index (Phi) is 11.0. The Labute approximate surface area is 289 Å². The number of hydrogen-bond acceptors (Lipinski definition) is 7. The number of nitrogens with one attached hydrogen (secondary N) is 1. The summed E-state index contributed by atoms with van der Waals surface area (Å²) >= 11 is 6.42. The first kappa shape index (κ1) is 34.3. The van der Waals surface area contributed by atoms with Gasteiger partial charge >= 0.3 is 12.1 Å². The van der Waals surface area contributed by atoms with Gasteiger partial charge in [-0.3, -0.25) is 9.69 Å². The Morgan fingerprint density at radius 1 is 0.938 bits per heavy atom. The number of benzene rings is 2. The average Bonchev–Trinajstić information content (AvgIpc) is 3.41. The zero-order valence-corrected chi connectivity index (χ0v) is 29.1. The number of hydrogen-bond donors (Lipinski definition) is 2. The Hall–Kier alpha value is -3.54. The average molecular weight is 680 g/mol. The van der Waals surface area contributed by atoms with Gasteiger partial charge in [0.05, 0.1) is 10.7 Å². The topological polar surface area (TPSA) is 115 Å². The van der Waals surface area contributed by atoms with Crippen LogP contribution in [0, 0.1) is 6.92 Å². The first-order valence-electron chi connectivity index (χ1n) is 17.5. The molecule has 3 N–H and O–H groups in total. The Morgan fingerprint density at radius 2 is 1.65 bits per heavy atom. The molecular formula is C36H50ClN7O4. The fourth-order valence-corrected chi connectivity index (χ4v) is 8.01. The summed E-state index contributed by atoms with van der Waals surface area (Å²) in [5.41, 5.74) is 10.2. The van der Waals surface area contributed by atoms with Gasteiger partial charge in [0.2, 0.25) is 0 Å². The standard InChI is InChI=1S/C36H50ClN7O4/c1-25-22-26(23-30(37)33(25)38)24-32(34(45)42-15-9-28(10-16-42)41-14-5-13-40(2)20-21-41)48-36(47)43-17-11-29(12-18-43)44-19-8-27-6-3-4-7-31(27)39-35(44)46/h3-4,6-7,22-23,28-29,32H,5,8-21,24,38H2,1-2H3,(H,39,46)/t32-/m1/s1. The van der Waals surface area contributed by atoms with Crippen molar-refractivity contribution in [2.45, 2.75) is 70.1 Å². The van der Waals surface area contributed by atoms with Gasteiger partial charge in [0.1, 0.15) is 0 Å². The maximum Gasteiger partial charge on any atom is 0.410 e. The van der Waals surface area contributed by atoms with Crippen LogP contribution < -0.4 is 11.1 Å². The number of halogens is 1. The number of likely N-dealkylation sites (N-methyl/N-ethyl adjacent to an activating group) is 1. The van der Waals surface area contributed by atoms with Gasteiger partial charge in [-0.25, -0.2) is 9.59 Å². The minimum absolute atomic E-state index is 0.0200. The van der Waals surface area contributed by atoms with Gasteiger partial charge in [-0.15, -0.1) is 0 Å². The molecule has 0 aromatic heterocycles. The molecule has 12 heteroatoms. The third-order valence-corrected chi connectivity index (χ3v) is 11.0. The van der Waals surface area contributed by atoms with E-state index in [0.717, 1.165) is 74.2 Å². The van der Waals surface area contributed by atoms with Gasteiger partial charge in [-0.05, 0) is 94.4 Å². The van der Waals surface area contributed by atoms with Crippen molar-refractivity contribution >= 4 is 41.0 Å². The number of carbonyl (C=O) groups is 3. The third kappa shape index (κ3) is 8.01. The van der Waals surface area contributed by atoms with E-state index in [2.05, 4.69) is 22.2 Å². The highest BCUT2D eigenvalue weighted by Gasteiger charge is 2.36. The number of anilines is 2. The van der Waals surface area contributed by atoms with Crippen molar-refractivity contribution in [3.8, 4) is 0 Å². The van der Waals surface area contributed by atoms with Crippen molar-refractivity contribution in [2.75, 3.05) is 77.0 Å². The molecule has 4 aliphatic heterocycles. The van der Waals surface area contributed by atoms with Crippen LogP contribution in [-0.2, 0) is 22.4 Å². The number of piperidine rings is 2. The second-order valence-corrected chi connectivity index (χ2v) is 14.3. The summed E-state index contributed by atoms with van der Waals surface area (Å²) in [5, 5.41) is 3.48. The van der Waals surface area contributed by atoms with Crippen LogP contribution in [0.25, 0.3) is 0 Å². The zero-order valence-electron chi connectivity index (χ0n) is 28.3. The molecule has 3 fully saturated rings. The molecule has 0 saturated carbocycles. The third-order valence-electron chi connectivity index (χ3n) is 10.7. The van der Waals surface area contributed by atoms with Crippen LogP contribution in [0.3, 0.4) is 0 Å². The van der Waals surface area contributed by atoms with E-state index in [1.165, 1.54) is 0 Å². The smallest absolute Gasteiger partial charge is 0.410 e. The lowest BCUT2D eigenvalue weighted by Gasteiger charge is -2.40. The predicted molar refractivity (Wildman–Crippen MR) is 188 cm³/mol. The summed E-state index contributed by atoms with van der Waals surface area (Å²) < 4.78 is 6.07. The van der Waals surface area contributed by atoms with E-state index in [4.69, 9.17) is 22.1 Å². The van der Waals surface area contributed by atoms with Crippen LogP contribution >= 0.6 is 11.6 Å². The van der Waals surface area contributed by atoms with E-state index in [0.29, 0.717) is 62.3 Å². The van der Waals surface area contributed by atoms with Gasteiger partial charge in [0, 0.05) is 70.0 Å². The Balaban J connectivity index is 1.08. The highest BCUT2D eigenvalue weighted by atomic mass is 35.5. The van der Waals surface area contributed by atoms with Gasteiger partial charge in [0.15, 0.2) is 6.10 Å². The van der Waals surface area contributed by atoms with E-state index in [9.17, 15) is 14.4 Å². The molecule has 3 saturated heterocycles. The van der Waals surface area contributed by atoms with Crippen LogP contribution in [0.2, 0.25) is 5.02 Å². The quantitative estimate of drug-likeness (QED) is 0.434. The SMILES string of the molecule is Cc1cc(C[C@@H](OC(=O)N2CCC(N3CCc4ccccc4NC3=O)CC2)C(=O)N2CCC(N3CCCN(C)CC3)CC2)cc(Cl)c1N. The molecule has 0 unspecified atom stereocenters. The van der Waals surface area contributed by atoms with Crippen LogP contribution in [0.4, 0.5) is 21.0 Å². The van der Waals surface area contributed by atoms with Gasteiger partial charge < -0.3 is 35.4 Å². The molecule has 0 spiro atoms. The summed E-state index contributed by atoms with van der Waals surface area (Å²) in [6, 6.07) is 11.9. The molecule has 1 atom stereocenters. The van der Waals surface area contributed by atoms with E-state index >= 15 is 0 Å². The lowest BCUT2D eigenvalue weighted by atomic mass is 10.00. The molecule has 0 aliphatic carbocycles. The number of ether oxygens (including phenoxy) is 1. The second kappa shape index (κ2) is 15.3. The van der Waals surface area contributed by atoms with Gasteiger partial charge in [-0.2, -0.15) is 0 Å². The number of para-hydroxylation sites is 1. The summed E-state index contributed by atoms with van der Waals surface area (Å²) in [5.74, 6) is -0.168. The number of nitrogens with zero attached hydrogens (tertiary/aromatic N) is 5. The van der Waals surface area contributed by atoms with Crippen molar-refractivity contribution in [1.29, 1.82) is 0 Å². The fraction of sp³-hybridized carbons (Fsp3) is 0.583. The normalized spacial score (nSPS) is 21.2. The molecule has 48 heavy (non-hydrogen) atoms. The molecule has 6 rings (SSSR count). The molecule has 0 bridgehead atoms. The minimum Gasteiger partial charge on any atom is -0.436 e. The van der Waals surface area contributed by atoms with Crippen molar-refractivity contribution in [1.82, 2.24) is 24.5 Å². The highest BCUT2D eigenvalue weighted by Crippen LogP contribution is 2.28. The molecule has 11 nitrogen and oxygen atoms in total. The number of amides is 4. The molecule has 0 radical (unpaired) electrons. The molecule has 4 aliphatic rings. The number of urea groups is 1. The molecular weight excluding hydrogens is 630 g/mol. The summed E-state index contributed by atoms with van der Waals surface area (Å²) in [6.45, 7) is 9.02. The first-order chi connectivity index (χ1) is 23.2. The largest absolute Gasteiger partial charge is 0.436 e. The number of aryl methyl sites for hydroxylation is 1. The van der Waals surface area contributed by atoms with Crippen LogP contribution in [0.5, 0.6) is 0 Å². The maximum atomic E-state index is 14.1. The second-order valence-electron chi connectivity index (χ2n) is 13.9.